The van der Waals surface area contributed by atoms with Gasteiger partial charge in [0.1, 0.15) is 6.10 Å². The molecule has 2 amide bonds. The molecule has 0 aromatic heterocycles. The summed E-state index contributed by atoms with van der Waals surface area (Å²) in [5.41, 5.74) is 3.52. The van der Waals surface area contributed by atoms with E-state index in [1.807, 2.05) is 48.5 Å². The van der Waals surface area contributed by atoms with Gasteiger partial charge >= 0.3 is 6.03 Å². The number of amides is 2. The molecule has 0 aliphatic carbocycles. The lowest BCUT2D eigenvalue weighted by atomic mass is 9.98. The minimum atomic E-state index is -0.649. The fourth-order valence-electron chi connectivity index (χ4n) is 2.40. The maximum atomic E-state index is 11.6. The largest absolute Gasteiger partial charge is 0.384 e. The van der Waals surface area contributed by atoms with Gasteiger partial charge in [0.25, 0.3) is 0 Å². The number of anilines is 1. The third-order valence-corrected chi connectivity index (χ3v) is 3.56. The molecule has 3 rings (SSSR count). The summed E-state index contributed by atoms with van der Waals surface area (Å²) in [5, 5.41) is 13.2. The Labute approximate surface area is 117 Å². The number of nitrogens with one attached hydrogen (secondary N) is 1. The van der Waals surface area contributed by atoms with Gasteiger partial charge in [0.15, 0.2) is 0 Å². The number of carbonyl (C=O) groups excluding carboxylic acids is 1. The van der Waals surface area contributed by atoms with Crippen molar-refractivity contribution in [2.75, 3.05) is 12.4 Å². The topological polar surface area (TPSA) is 52.6 Å². The lowest BCUT2D eigenvalue weighted by Crippen LogP contribution is -2.35. The van der Waals surface area contributed by atoms with Crippen LogP contribution in [0.1, 0.15) is 22.8 Å². The van der Waals surface area contributed by atoms with Crippen LogP contribution in [0.15, 0.2) is 48.5 Å². The van der Waals surface area contributed by atoms with Crippen molar-refractivity contribution in [2.45, 2.75) is 12.6 Å². The number of nitrogens with zero attached hydrogens (tertiary/aromatic N) is 1. The standard InChI is InChI=1S/C16H16N2O2/c1-18-10-13-9-12(7-8-14(13)17-16(18)20)15(19)11-5-3-2-4-6-11/h2-9,15,19H,10H2,1H3,(H,17,20). The monoisotopic (exact) mass is 268 g/mol. The minimum Gasteiger partial charge on any atom is -0.384 e. The number of hydrogen-bond acceptors (Lipinski definition) is 2. The summed E-state index contributed by atoms with van der Waals surface area (Å²) < 4.78 is 0. The molecule has 1 aliphatic rings. The van der Waals surface area contributed by atoms with Gasteiger partial charge in [0.2, 0.25) is 0 Å². The van der Waals surface area contributed by atoms with Crippen molar-refractivity contribution in [3.8, 4) is 0 Å². The molecule has 1 atom stereocenters. The Balaban J connectivity index is 1.93. The summed E-state index contributed by atoms with van der Waals surface area (Å²) in [6.07, 6.45) is -0.649. The number of rotatable bonds is 2. The van der Waals surface area contributed by atoms with Gasteiger partial charge in [0.05, 0.1) is 0 Å². The summed E-state index contributed by atoms with van der Waals surface area (Å²) in [4.78, 5) is 13.2. The van der Waals surface area contributed by atoms with Gasteiger partial charge in [-0.25, -0.2) is 4.79 Å². The predicted octanol–water partition coefficient (Wildman–Crippen LogP) is 2.75. The highest BCUT2D eigenvalue weighted by atomic mass is 16.3. The van der Waals surface area contributed by atoms with Gasteiger partial charge in [-0.15, -0.1) is 0 Å². The van der Waals surface area contributed by atoms with Crippen molar-refractivity contribution in [1.29, 1.82) is 0 Å². The molecule has 0 bridgehead atoms. The number of carbonyl (C=O) groups is 1. The molecule has 4 nitrogen and oxygen atoms in total. The molecule has 0 radical (unpaired) electrons. The lowest BCUT2D eigenvalue weighted by molar-refractivity contribution is 0.217. The predicted molar refractivity (Wildman–Crippen MR) is 77.4 cm³/mol. The van der Waals surface area contributed by atoms with Gasteiger partial charge in [-0.2, -0.15) is 0 Å². The van der Waals surface area contributed by atoms with E-state index >= 15 is 0 Å². The van der Waals surface area contributed by atoms with Crippen molar-refractivity contribution in [3.63, 3.8) is 0 Å². The zero-order valence-corrected chi connectivity index (χ0v) is 11.2. The normalized spacial score (nSPS) is 15.5. The van der Waals surface area contributed by atoms with E-state index in [1.165, 1.54) is 0 Å². The van der Waals surface area contributed by atoms with Crippen LogP contribution in [0.25, 0.3) is 0 Å². The van der Waals surface area contributed by atoms with Crippen LogP contribution >= 0.6 is 0 Å². The first-order valence-electron chi connectivity index (χ1n) is 6.53. The van der Waals surface area contributed by atoms with E-state index in [-0.39, 0.29) is 6.03 Å². The molecule has 102 valence electrons. The first-order chi connectivity index (χ1) is 9.65. The SMILES string of the molecule is CN1Cc2cc(C(O)c3ccccc3)ccc2NC1=O. The minimum absolute atomic E-state index is 0.103. The summed E-state index contributed by atoms with van der Waals surface area (Å²) in [6.45, 7) is 0.552. The van der Waals surface area contributed by atoms with Gasteiger partial charge < -0.3 is 15.3 Å². The quantitative estimate of drug-likeness (QED) is 0.880. The molecule has 1 unspecified atom stereocenters. The van der Waals surface area contributed by atoms with Crippen LogP contribution in [-0.2, 0) is 6.54 Å². The highest BCUT2D eigenvalue weighted by Gasteiger charge is 2.20. The summed E-state index contributed by atoms with van der Waals surface area (Å²) >= 11 is 0. The zero-order valence-electron chi connectivity index (χ0n) is 11.2. The van der Waals surface area contributed by atoms with E-state index in [1.54, 1.807) is 11.9 Å². The molecule has 1 aliphatic heterocycles. The van der Waals surface area contributed by atoms with Crippen LogP contribution < -0.4 is 5.32 Å². The van der Waals surface area contributed by atoms with Gasteiger partial charge in [-0.1, -0.05) is 36.4 Å². The number of aliphatic hydroxyl groups excluding tert-OH is 1. The third-order valence-electron chi connectivity index (χ3n) is 3.56. The van der Waals surface area contributed by atoms with Crippen molar-refractivity contribution < 1.29 is 9.90 Å². The van der Waals surface area contributed by atoms with Crippen molar-refractivity contribution in [1.82, 2.24) is 4.90 Å². The van der Waals surface area contributed by atoms with Crippen LogP contribution in [0.2, 0.25) is 0 Å². The lowest BCUT2D eigenvalue weighted by Gasteiger charge is -2.26. The van der Waals surface area contributed by atoms with Crippen LogP contribution in [0.3, 0.4) is 0 Å². The van der Waals surface area contributed by atoms with Crippen LogP contribution in [0.4, 0.5) is 10.5 Å². The smallest absolute Gasteiger partial charge is 0.321 e. The molecule has 2 aromatic rings. The highest BCUT2D eigenvalue weighted by Crippen LogP contribution is 2.28. The van der Waals surface area contributed by atoms with E-state index in [0.29, 0.717) is 6.54 Å². The fourth-order valence-corrected chi connectivity index (χ4v) is 2.40. The first-order valence-corrected chi connectivity index (χ1v) is 6.53. The Morgan fingerprint density at radius 1 is 1.15 bits per heavy atom. The number of fused-ring (bicyclic) bond motifs is 1. The van der Waals surface area contributed by atoms with Gasteiger partial charge in [-0.3, -0.25) is 0 Å². The van der Waals surface area contributed by atoms with Crippen LogP contribution in [-0.4, -0.2) is 23.1 Å². The Morgan fingerprint density at radius 2 is 1.90 bits per heavy atom. The van der Waals surface area contributed by atoms with Crippen LogP contribution in [0, 0.1) is 0 Å². The maximum absolute atomic E-state index is 11.6. The number of hydrogen-bond donors (Lipinski definition) is 2. The van der Waals surface area contributed by atoms with Gasteiger partial charge in [0, 0.05) is 19.3 Å². The number of aliphatic hydroxyl groups is 1. The Bertz CT molecular complexity index is 640. The second-order valence-electron chi connectivity index (χ2n) is 5.02. The van der Waals surface area contributed by atoms with Crippen molar-refractivity contribution >= 4 is 11.7 Å². The summed E-state index contributed by atoms with van der Waals surface area (Å²) in [5.74, 6) is 0. The van der Waals surface area contributed by atoms with E-state index in [0.717, 1.165) is 22.4 Å². The average Bonchev–Trinajstić information content (AvgIpc) is 2.48. The number of urea groups is 1. The second-order valence-corrected chi connectivity index (χ2v) is 5.02. The summed E-state index contributed by atoms with van der Waals surface area (Å²) in [6, 6.07) is 15.1. The molecule has 20 heavy (non-hydrogen) atoms. The average molecular weight is 268 g/mol. The number of benzene rings is 2. The third kappa shape index (κ3) is 2.26. The highest BCUT2D eigenvalue weighted by molar-refractivity contribution is 5.92. The molecule has 0 fully saturated rings. The molecule has 0 saturated heterocycles. The van der Waals surface area contributed by atoms with E-state index in [9.17, 15) is 9.90 Å². The van der Waals surface area contributed by atoms with E-state index in [4.69, 9.17) is 0 Å². The molecule has 0 spiro atoms. The van der Waals surface area contributed by atoms with E-state index < -0.39 is 6.10 Å². The fraction of sp³-hybridized carbons (Fsp3) is 0.188. The van der Waals surface area contributed by atoms with Gasteiger partial charge in [-0.05, 0) is 28.8 Å². The molecular weight excluding hydrogens is 252 g/mol. The maximum Gasteiger partial charge on any atom is 0.321 e. The zero-order chi connectivity index (χ0) is 14.1. The first kappa shape index (κ1) is 12.7. The Hall–Kier alpha value is -2.33. The summed E-state index contributed by atoms with van der Waals surface area (Å²) in [7, 11) is 1.75. The van der Waals surface area contributed by atoms with Crippen LogP contribution in [0.5, 0.6) is 0 Å². The molecule has 4 heteroatoms. The van der Waals surface area contributed by atoms with Crippen molar-refractivity contribution in [3.05, 3.63) is 65.2 Å². The molecule has 2 aromatic carbocycles. The molecule has 0 saturated carbocycles. The second kappa shape index (κ2) is 4.98. The molecule has 1 heterocycles. The Morgan fingerprint density at radius 3 is 2.65 bits per heavy atom. The van der Waals surface area contributed by atoms with E-state index in [2.05, 4.69) is 5.32 Å². The molecule has 2 N–H and O–H groups in total. The molecular formula is C16H16N2O2. The Kier molecular flexibility index (Phi) is 3.16. The van der Waals surface area contributed by atoms with Crippen molar-refractivity contribution in [2.24, 2.45) is 0 Å².